The van der Waals surface area contributed by atoms with Crippen LogP contribution in [-0.4, -0.2) is 46.3 Å². The van der Waals surface area contributed by atoms with Gasteiger partial charge in [0.2, 0.25) is 0 Å². The standard InChI is InChI=1S/C11H21N5/c1-15-5-3-10(4-6-15)7-12-8-11-13-9-16(2)14-11/h9-10,12H,3-8H2,1-2H3. The molecule has 16 heavy (non-hydrogen) atoms. The fourth-order valence-electron chi connectivity index (χ4n) is 2.12. The summed E-state index contributed by atoms with van der Waals surface area (Å²) in [7, 11) is 4.09. The SMILES string of the molecule is CN1CCC(CNCc2ncn(C)n2)CC1. The van der Waals surface area contributed by atoms with Gasteiger partial charge in [0, 0.05) is 7.05 Å². The molecule has 0 spiro atoms. The molecule has 0 aromatic carbocycles. The van der Waals surface area contributed by atoms with Gasteiger partial charge in [0.05, 0.1) is 6.54 Å². The summed E-state index contributed by atoms with van der Waals surface area (Å²) in [6.07, 6.45) is 4.35. The van der Waals surface area contributed by atoms with E-state index >= 15 is 0 Å². The van der Waals surface area contributed by atoms with Gasteiger partial charge in [0.25, 0.3) is 0 Å². The van der Waals surface area contributed by atoms with Gasteiger partial charge in [0.1, 0.15) is 6.33 Å². The largest absolute Gasteiger partial charge is 0.310 e. The highest BCUT2D eigenvalue weighted by Gasteiger charge is 2.15. The summed E-state index contributed by atoms with van der Waals surface area (Å²) in [5, 5.41) is 7.68. The second-order valence-corrected chi connectivity index (χ2v) is 4.71. The first-order valence-electron chi connectivity index (χ1n) is 5.98. The van der Waals surface area contributed by atoms with Crippen molar-refractivity contribution in [1.82, 2.24) is 25.0 Å². The van der Waals surface area contributed by atoms with E-state index in [-0.39, 0.29) is 0 Å². The zero-order valence-corrected chi connectivity index (χ0v) is 10.2. The van der Waals surface area contributed by atoms with Crippen molar-refractivity contribution in [3.63, 3.8) is 0 Å². The molecule has 0 aliphatic carbocycles. The third-order valence-corrected chi connectivity index (χ3v) is 3.20. The van der Waals surface area contributed by atoms with E-state index in [0.717, 1.165) is 24.8 Å². The van der Waals surface area contributed by atoms with Crippen molar-refractivity contribution in [2.75, 3.05) is 26.7 Å². The average Bonchev–Trinajstić information content (AvgIpc) is 2.67. The van der Waals surface area contributed by atoms with Crippen LogP contribution in [0.4, 0.5) is 0 Å². The van der Waals surface area contributed by atoms with Crippen LogP contribution in [-0.2, 0) is 13.6 Å². The highest BCUT2D eigenvalue weighted by atomic mass is 15.3. The van der Waals surface area contributed by atoms with Crippen molar-refractivity contribution in [2.45, 2.75) is 19.4 Å². The molecule has 1 aromatic heterocycles. The van der Waals surface area contributed by atoms with Crippen LogP contribution in [0.1, 0.15) is 18.7 Å². The molecule has 90 valence electrons. The number of hydrogen-bond donors (Lipinski definition) is 1. The molecule has 0 bridgehead atoms. The Labute approximate surface area is 96.8 Å². The van der Waals surface area contributed by atoms with Gasteiger partial charge in [-0.15, -0.1) is 0 Å². The van der Waals surface area contributed by atoms with Gasteiger partial charge in [-0.1, -0.05) is 0 Å². The highest BCUT2D eigenvalue weighted by Crippen LogP contribution is 2.14. The molecule has 0 unspecified atom stereocenters. The molecular formula is C11H21N5. The number of piperidine rings is 1. The van der Waals surface area contributed by atoms with E-state index in [4.69, 9.17) is 0 Å². The summed E-state index contributed by atoms with van der Waals surface area (Å²) < 4.78 is 1.74. The molecule has 0 saturated carbocycles. The van der Waals surface area contributed by atoms with Gasteiger partial charge in [-0.2, -0.15) is 5.10 Å². The molecule has 0 atom stereocenters. The Bertz CT molecular complexity index is 314. The predicted molar refractivity (Wildman–Crippen MR) is 62.9 cm³/mol. The van der Waals surface area contributed by atoms with Crippen molar-refractivity contribution in [1.29, 1.82) is 0 Å². The molecule has 2 heterocycles. The maximum Gasteiger partial charge on any atom is 0.164 e. The van der Waals surface area contributed by atoms with Crippen LogP contribution in [0, 0.1) is 5.92 Å². The second kappa shape index (κ2) is 5.41. The molecule has 1 aliphatic heterocycles. The van der Waals surface area contributed by atoms with Gasteiger partial charge in [-0.25, -0.2) is 4.98 Å². The molecule has 1 saturated heterocycles. The van der Waals surface area contributed by atoms with Crippen molar-refractivity contribution in [3.8, 4) is 0 Å². The third kappa shape index (κ3) is 3.28. The number of aryl methyl sites for hydroxylation is 1. The summed E-state index contributed by atoms with van der Waals surface area (Å²) in [6.45, 7) is 4.33. The Morgan fingerprint density at radius 1 is 1.38 bits per heavy atom. The van der Waals surface area contributed by atoms with Crippen LogP contribution in [0.3, 0.4) is 0 Å². The summed E-state index contributed by atoms with van der Waals surface area (Å²) in [6, 6.07) is 0. The Kier molecular flexibility index (Phi) is 3.90. The Morgan fingerprint density at radius 3 is 2.75 bits per heavy atom. The fraction of sp³-hybridized carbons (Fsp3) is 0.818. The third-order valence-electron chi connectivity index (χ3n) is 3.20. The molecule has 1 fully saturated rings. The minimum absolute atomic E-state index is 0.785. The number of nitrogens with one attached hydrogen (secondary N) is 1. The fourth-order valence-corrected chi connectivity index (χ4v) is 2.12. The molecule has 1 N–H and O–H groups in total. The molecule has 0 radical (unpaired) electrons. The Hall–Kier alpha value is -0.940. The van der Waals surface area contributed by atoms with Gasteiger partial charge in [-0.3, -0.25) is 4.68 Å². The van der Waals surface area contributed by atoms with Crippen LogP contribution in [0.5, 0.6) is 0 Å². The smallest absolute Gasteiger partial charge is 0.164 e. The van der Waals surface area contributed by atoms with Gasteiger partial charge in [-0.05, 0) is 45.4 Å². The molecule has 2 rings (SSSR count). The lowest BCUT2D eigenvalue weighted by Gasteiger charge is -2.28. The molecule has 0 amide bonds. The average molecular weight is 223 g/mol. The summed E-state index contributed by atoms with van der Waals surface area (Å²) in [5.41, 5.74) is 0. The number of aromatic nitrogens is 3. The number of likely N-dealkylation sites (tertiary alicyclic amines) is 1. The summed E-state index contributed by atoms with van der Waals surface area (Å²) in [4.78, 5) is 6.59. The lowest BCUT2D eigenvalue weighted by molar-refractivity contribution is 0.215. The van der Waals surface area contributed by atoms with Gasteiger partial charge < -0.3 is 10.2 Å². The van der Waals surface area contributed by atoms with E-state index in [1.54, 1.807) is 11.0 Å². The van der Waals surface area contributed by atoms with Crippen molar-refractivity contribution < 1.29 is 0 Å². The van der Waals surface area contributed by atoms with Crippen LogP contribution in [0.15, 0.2) is 6.33 Å². The normalized spacial score (nSPS) is 19.1. The molecule has 1 aliphatic rings. The van der Waals surface area contributed by atoms with Crippen molar-refractivity contribution in [3.05, 3.63) is 12.2 Å². The van der Waals surface area contributed by atoms with Crippen LogP contribution < -0.4 is 5.32 Å². The highest BCUT2D eigenvalue weighted by molar-refractivity contribution is 4.81. The van der Waals surface area contributed by atoms with Crippen molar-refractivity contribution >= 4 is 0 Å². The maximum absolute atomic E-state index is 4.24. The number of nitrogens with zero attached hydrogens (tertiary/aromatic N) is 4. The quantitative estimate of drug-likeness (QED) is 0.794. The lowest BCUT2D eigenvalue weighted by atomic mass is 9.97. The first kappa shape index (κ1) is 11.5. The minimum atomic E-state index is 0.785. The lowest BCUT2D eigenvalue weighted by Crippen LogP contribution is -2.34. The van der Waals surface area contributed by atoms with Crippen LogP contribution >= 0.6 is 0 Å². The minimum Gasteiger partial charge on any atom is -0.310 e. The van der Waals surface area contributed by atoms with Crippen molar-refractivity contribution in [2.24, 2.45) is 13.0 Å². The van der Waals surface area contributed by atoms with Crippen LogP contribution in [0.25, 0.3) is 0 Å². The van der Waals surface area contributed by atoms with E-state index in [1.165, 1.54) is 25.9 Å². The Morgan fingerprint density at radius 2 is 2.12 bits per heavy atom. The van der Waals surface area contributed by atoms with E-state index in [1.807, 2.05) is 7.05 Å². The zero-order valence-electron chi connectivity index (χ0n) is 10.2. The van der Waals surface area contributed by atoms with E-state index in [9.17, 15) is 0 Å². The van der Waals surface area contributed by atoms with E-state index < -0.39 is 0 Å². The number of rotatable bonds is 4. The van der Waals surface area contributed by atoms with Crippen LogP contribution in [0.2, 0.25) is 0 Å². The molecule has 1 aromatic rings. The van der Waals surface area contributed by atoms with Gasteiger partial charge >= 0.3 is 0 Å². The second-order valence-electron chi connectivity index (χ2n) is 4.71. The van der Waals surface area contributed by atoms with Gasteiger partial charge in [0.15, 0.2) is 5.82 Å². The zero-order chi connectivity index (χ0) is 11.4. The first-order chi connectivity index (χ1) is 7.74. The molecule has 5 nitrogen and oxygen atoms in total. The topological polar surface area (TPSA) is 46.0 Å². The number of hydrogen-bond acceptors (Lipinski definition) is 4. The predicted octanol–water partition coefficient (Wildman–Crippen LogP) is 0.246. The van der Waals surface area contributed by atoms with E-state index in [2.05, 4.69) is 27.3 Å². The first-order valence-corrected chi connectivity index (χ1v) is 5.98. The molecule has 5 heteroatoms. The monoisotopic (exact) mass is 223 g/mol. The maximum atomic E-state index is 4.24. The Balaban J connectivity index is 1.64. The summed E-state index contributed by atoms with van der Waals surface area (Å²) >= 11 is 0. The van der Waals surface area contributed by atoms with E-state index in [0.29, 0.717) is 0 Å². The summed E-state index contributed by atoms with van der Waals surface area (Å²) in [5.74, 6) is 1.70. The molecular weight excluding hydrogens is 202 g/mol.